The molecule has 0 radical (unpaired) electrons. The van der Waals surface area contributed by atoms with Gasteiger partial charge in [-0.15, -0.1) is 5.10 Å². The molecule has 0 aliphatic rings. The van der Waals surface area contributed by atoms with E-state index in [1.54, 1.807) is 44.4 Å². The van der Waals surface area contributed by atoms with E-state index in [2.05, 4.69) is 34.4 Å². The fourth-order valence-electron chi connectivity index (χ4n) is 3.40. The Morgan fingerprint density at radius 2 is 1.94 bits per heavy atom. The number of hydrogen-bond donors (Lipinski definition) is 1. The van der Waals surface area contributed by atoms with Crippen LogP contribution < -0.4 is 14.8 Å². The van der Waals surface area contributed by atoms with E-state index in [0.717, 1.165) is 19.6 Å². The molecule has 1 amide bonds. The van der Waals surface area contributed by atoms with Gasteiger partial charge in [-0.2, -0.15) is 0 Å². The van der Waals surface area contributed by atoms with Crippen LogP contribution in [0.4, 0.5) is 11.4 Å². The van der Waals surface area contributed by atoms with Gasteiger partial charge in [-0.3, -0.25) is 14.9 Å². The molecule has 0 aliphatic heterocycles. The summed E-state index contributed by atoms with van der Waals surface area (Å²) in [4.78, 5) is 25.7. The van der Waals surface area contributed by atoms with Gasteiger partial charge in [0.1, 0.15) is 6.61 Å². The average Bonchev–Trinajstić information content (AvgIpc) is 3.23. The average molecular weight is 469 g/mol. The van der Waals surface area contributed by atoms with Crippen LogP contribution >= 0.6 is 0 Å². The summed E-state index contributed by atoms with van der Waals surface area (Å²) in [6, 6.07) is 11.1. The Bertz CT molecular complexity index is 1160. The summed E-state index contributed by atoms with van der Waals surface area (Å²) >= 11 is 0. The van der Waals surface area contributed by atoms with Gasteiger partial charge in [0.05, 0.1) is 23.4 Å². The van der Waals surface area contributed by atoms with Crippen LogP contribution in [-0.2, 0) is 0 Å². The van der Waals surface area contributed by atoms with E-state index >= 15 is 0 Å². The highest BCUT2D eigenvalue weighted by Gasteiger charge is 2.19. The molecule has 0 fully saturated rings. The van der Waals surface area contributed by atoms with E-state index in [1.165, 1.54) is 16.8 Å². The van der Waals surface area contributed by atoms with Crippen LogP contribution in [0.25, 0.3) is 5.69 Å². The van der Waals surface area contributed by atoms with Crippen molar-refractivity contribution in [1.29, 1.82) is 0 Å². The number of nitrogens with zero attached hydrogens (tertiary/aromatic N) is 5. The molecule has 11 heteroatoms. The normalized spacial score (nSPS) is 10.9. The maximum atomic E-state index is 12.9. The van der Waals surface area contributed by atoms with Crippen LogP contribution in [0.15, 0.2) is 42.5 Å². The third-order valence-electron chi connectivity index (χ3n) is 5.38. The summed E-state index contributed by atoms with van der Waals surface area (Å²) in [6.45, 7) is 8.98. The predicted molar refractivity (Wildman–Crippen MR) is 127 cm³/mol. The van der Waals surface area contributed by atoms with Crippen molar-refractivity contribution in [2.75, 3.05) is 38.7 Å². The molecule has 3 aromatic rings. The Kier molecular flexibility index (Phi) is 8.14. The second kappa shape index (κ2) is 11.2. The molecule has 0 atom stereocenters. The van der Waals surface area contributed by atoms with Gasteiger partial charge in [0.2, 0.25) is 0 Å². The zero-order valence-corrected chi connectivity index (χ0v) is 19.6. The summed E-state index contributed by atoms with van der Waals surface area (Å²) in [5.74, 6) is 0.614. The number of carbonyl (C=O) groups is 1. The number of amides is 1. The second-order valence-electron chi connectivity index (χ2n) is 7.41. The summed E-state index contributed by atoms with van der Waals surface area (Å²) < 4.78 is 12.7. The van der Waals surface area contributed by atoms with Crippen molar-refractivity contribution < 1.29 is 19.2 Å². The first kappa shape index (κ1) is 24.6. The zero-order valence-electron chi connectivity index (χ0n) is 19.6. The summed E-state index contributed by atoms with van der Waals surface area (Å²) in [5, 5.41) is 21.8. The van der Waals surface area contributed by atoms with Crippen LogP contribution in [-0.4, -0.2) is 64.1 Å². The first-order valence-corrected chi connectivity index (χ1v) is 10.9. The Morgan fingerprint density at radius 1 is 1.18 bits per heavy atom. The maximum Gasteiger partial charge on any atom is 0.278 e. The van der Waals surface area contributed by atoms with Crippen molar-refractivity contribution in [2.45, 2.75) is 20.8 Å². The molecule has 1 N–H and O–H groups in total. The fourth-order valence-corrected chi connectivity index (χ4v) is 3.40. The van der Waals surface area contributed by atoms with Gasteiger partial charge >= 0.3 is 0 Å². The molecule has 11 nitrogen and oxygen atoms in total. The van der Waals surface area contributed by atoms with E-state index in [9.17, 15) is 14.9 Å². The van der Waals surface area contributed by atoms with E-state index in [1.807, 2.05) is 0 Å². The van der Waals surface area contributed by atoms with Crippen molar-refractivity contribution in [2.24, 2.45) is 0 Å². The lowest BCUT2D eigenvalue weighted by atomic mass is 10.2. The lowest BCUT2D eigenvalue weighted by Crippen LogP contribution is -2.28. The number of ether oxygens (including phenoxy) is 2. The van der Waals surface area contributed by atoms with E-state index in [-0.39, 0.29) is 11.4 Å². The highest BCUT2D eigenvalue weighted by atomic mass is 16.6. The van der Waals surface area contributed by atoms with E-state index in [4.69, 9.17) is 9.47 Å². The SMILES string of the molecule is CCN(CC)CCOc1cc(NC(=O)c2nnn(-c3cccc([N+](=O)[O-])c3)c2C)ccc1OC. The number of non-ortho nitro benzene ring substituents is 1. The van der Waals surface area contributed by atoms with Gasteiger partial charge < -0.3 is 19.7 Å². The largest absolute Gasteiger partial charge is 0.493 e. The van der Waals surface area contributed by atoms with Crippen molar-refractivity contribution in [1.82, 2.24) is 19.9 Å². The molecule has 0 aliphatic carbocycles. The van der Waals surface area contributed by atoms with Crippen LogP contribution in [0, 0.1) is 17.0 Å². The van der Waals surface area contributed by atoms with Crippen LogP contribution in [0.5, 0.6) is 11.5 Å². The van der Waals surface area contributed by atoms with Crippen LogP contribution in [0.2, 0.25) is 0 Å². The number of methoxy groups -OCH3 is 1. The predicted octanol–water partition coefficient (Wildman–Crippen LogP) is 3.47. The standard InChI is InChI=1S/C23H28N6O5/c1-5-27(6-2)12-13-34-21-14-17(10-11-20(21)33-4)24-23(30)22-16(3)28(26-25-22)18-8-7-9-19(15-18)29(31)32/h7-11,14-15H,5-6,12-13H2,1-4H3,(H,24,30). The molecule has 0 unspecified atom stereocenters. The minimum Gasteiger partial charge on any atom is -0.493 e. The minimum atomic E-state index is -0.491. The number of hydrogen-bond acceptors (Lipinski definition) is 8. The molecule has 0 bridgehead atoms. The third-order valence-corrected chi connectivity index (χ3v) is 5.38. The van der Waals surface area contributed by atoms with E-state index < -0.39 is 10.8 Å². The Hall–Kier alpha value is -3.99. The molecule has 1 aromatic heterocycles. The zero-order chi connectivity index (χ0) is 24.7. The maximum absolute atomic E-state index is 12.9. The minimum absolute atomic E-state index is 0.0786. The molecule has 3 rings (SSSR count). The topological polar surface area (TPSA) is 125 Å². The number of nitro groups is 1. The highest BCUT2D eigenvalue weighted by molar-refractivity contribution is 6.03. The molecular formula is C23H28N6O5. The quantitative estimate of drug-likeness (QED) is 0.335. The Balaban J connectivity index is 1.76. The second-order valence-corrected chi connectivity index (χ2v) is 7.41. The lowest BCUT2D eigenvalue weighted by Gasteiger charge is -2.19. The molecular weight excluding hydrogens is 440 g/mol. The number of nitro benzene ring substituents is 1. The summed E-state index contributed by atoms with van der Waals surface area (Å²) in [6.07, 6.45) is 0. The van der Waals surface area contributed by atoms with Gasteiger partial charge in [-0.1, -0.05) is 25.1 Å². The van der Waals surface area contributed by atoms with Crippen LogP contribution in [0.1, 0.15) is 30.0 Å². The number of nitrogens with one attached hydrogen (secondary N) is 1. The van der Waals surface area contributed by atoms with Crippen molar-refractivity contribution in [3.8, 4) is 17.2 Å². The van der Waals surface area contributed by atoms with Gasteiger partial charge in [0.25, 0.3) is 11.6 Å². The van der Waals surface area contributed by atoms with E-state index in [0.29, 0.717) is 35.2 Å². The Labute approximate surface area is 197 Å². The molecule has 0 saturated carbocycles. The molecule has 0 spiro atoms. The molecule has 0 saturated heterocycles. The fraction of sp³-hybridized carbons (Fsp3) is 0.348. The van der Waals surface area contributed by atoms with Gasteiger partial charge in [-0.05, 0) is 38.2 Å². The molecule has 1 heterocycles. The first-order valence-electron chi connectivity index (χ1n) is 10.9. The smallest absolute Gasteiger partial charge is 0.278 e. The van der Waals surface area contributed by atoms with Gasteiger partial charge in [-0.25, -0.2) is 4.68 Å². The molecule has 180 valence electrons. The number of likely N-dealkylation sites (N-methyl/N-ethyl adjacent to an activating group) is 1. The van der Waals surface area contributed by atoms with Gasteiger partial charge in [0, 0.05) is 30.4 Å². The number of aromatic nitrogens is 3. The molecule has 34 heavy (non-hydrogen) atoms. The van der Waals surface area contributed by atoms with Gasteiger partial charge in [0.15, 0.2) is 17.2 Å². The first-order chi connectivity index (χ1) is 16.4. The number of anilines is 1. The van der Waals surface area contributed by atoms with Crippen molar-refractivity contribution in [3.05, 3.63) is 64.0 Å². The molecule has 2 aromatic carbocycles. The lowest BCUT2D eigenvalue weighted by molar-refractivity contribution is -0.384. The summed E-state index contributed by atoms with van der Waals surface area (Å²) in [5.41, 5.74) is 1.42. The van der Waals surface area contributed by atoms with Crippen LogP contribution in [0.3, 0.4) is 0 Å². The Morgan fingerprint density at radius 3 is 2.62 bits per heavy atom. The third kappa shape index (κ3) is 5.67. The number of benzene rings is 2. The summed E-state index contributed by atoms with van der Waals surface area (Å²) in [7, 11) is 1.56. The number of carbonyl (C=O) groups excluding carboxylic acids is 1. The van der Waals surface area contributed by atoms with Crippen molar-refractivity contribution in [3.63, 3.8) is 0 Å². The van der Waals surface area contributed by atoms with Crippen molar-refractivity contribution >= 4 is 17.3 Å². The number of rotatable bonds is 11. The monoisotopic (exact) mass is 468 g/mol. The highest BCUT2D eigenvalue weighted by Crippen LogP contribution is 2.30.